The Morgan fingerprint density at radius 2 is 2.32 bits per heavy atom. The van der Waals surface area contributed by atoms with Crippen molar-refractivity contribution in [3.8, 4) is 0 Å². The summed E-state index contributed by atoms with van der Waals surface area (Å²) in [5, 5.41) is 5.72. The molecule has 5 heteroatoms. The molecule has 2 atom stereocenters. The Hall–Kier alpha value is -1.07. The zero-order valence-corrected chi connectivity index (χ0v) is 14.9. The first-order valence-corrected chi connectivity index (χ1v) is 9.00. The number of likely N-dealkylation sites (tertiary alicyclic amines) is 1. The van der Waals surface area contributed by atoms with Gasteiger partial charge in [-0.05, 0) is 57.5 Å². The van der Waals surface area contributed by atoms with E-state index in [0.717, 1.165) is 32.5 Å². The van der Waals surface area contributed by atoms with Crippen LogP contribution in [0.3, 0.4) is 0 Å². The zero-order valence-electron chi connectivity index (χ0n) is 14.1. The molecule has 1 N–H and O–H groups in total. The minimum atomic E-state index is -0.423. The maximum absolute atomic E-state index is 12.2. The van der Waals surface area contributed by atoms with Crippen molar-refractivity contribution < 1.29 is 9.53 Å². The number of hydrogen-bond acceptors (Lipinski definition) is 4. The van der Waals surface area contributed by atoms with E-state index >= 15 is 0 Å². The lowest BCUT2D eigenvalue weighted by Crippen LogP contribution is -2.41. The fraction of sp³-hybridized carbons (Fsp3) is 0.706. The first kappa shape index (κ1) is 17.3. The maximum Gasteiger partial charge on any atom is 0.410 e. The highest BCUT2D eigenvalue weighted by Gasteiger charge is 2.33. The van der Waals surface area contributed by atoms with Gasteiger partial charge < -0.3 is 15.0 Å². The van der Waals surface area contributed by atoms with Crippen LogP contribution in [0.15, 0.2) is 17.5 Å². The first-order valence-electron chi connectivity index (χ1n) is 8.12. The highest BCUT2D eigenvalue weighted by atomic mass is 32.1. The summed E-state index contributed by atoms with van der Waals surface area (Å²) in [4.78, 5) is 15.4. The van der Waals surface area contributed by atoms with Crippen LogP contribution in [0.5, 0.6) is 0 Å². The number of likely N-dealkylation sites (N-methyl/N-ethyl adjacent to an activating group) is 1. The van der Waals surface area contributed by atoms with Crippen LogP contribution in [0.25, 0.3) is 0 Å². The molecule has 1 aliphatic rings. The fourth-order valence-corrected chi connectivity index (χ4v) is 3.69. The molecule has 1 aliphatic heterocycles. The number of carbonyl (C=O) groups is 1. The van der Waals surface area contributed by atoms with Gasteiger partial charge >= 0.3 is 6.09 Å². The van der Waals surface area contributed by atoms with E-state index in [0.29, 0.717) is 12.0 Å². The summed E-state index contributed by atoms with van der Waals surface area (Å²) in [5.41, 5.74) is -0.423. The van der Waals surface area contributed by atoms with Crippen molar-refractivity contribution in [2.24, 2.45) is 5.92 Å². The third-order valence-corrected chi connectivity index (χ3v) is 4.81. The molecule has 2 rings (SSSR count). The SMILES string of the molecule is CCNC(Cc1cccs1)C1CCN(C(=O)OC(C)(C)C)C1. The van der Waals surface area contributed by atoms with Gasteiger partial charge in [-0.2, -0.15) is 0 Å². The first-order chi connectivity index (χ1) is 10.4. The van der Waals surface area contributed by atoms with Crippen molar-refractivity contribution in [3.05, 3.63) is 22.4 Å². The van der Waals surface area contributed by atoms with Gasteiger partial charge in [0.15, 0.2) is 0 Å². The van der Waals surface area contributed by atoms with Crippen molar-refractivity contribution in [1.29, 1.82) is 0 Å². The van der Waals surface area contributed by atoms with Gasteiger partial charge in [0.1, 0.15) is 5.60 Å². The molecule has 22 heavy (non-hydrogen) atoms. The molecule has 2 heterocycles. The van der Waals surface area contributed by atoms with Crippen LogP contribution in [0.2, 0.25) is 0 Å². The minimum Gasteiger partial charge on any atom is -0.444 e. The monoisotopic (exact) mass is 324 g/mol. The predicted octanol–water partition coefficient (Wildman–Crippen LogP) is 3.53. The van der Waals surface area contributed by atoms with Crippen molar-refractivity contribution in [2.75, 3.05) is 19.6 Å². The third kappa shape index (κ3) is 4.99. The summed E-state index contributed by atoms with van der Waals surface area (Å²) in [5.74, 6) is 0.495. The summed E-state index contributed by atoms with van der Waals surface area (Å²) >= 11 is 1.81. The molecule has 0 aliphatic carbocycles. The largest absolute Gasteiger partial charge is 0.444 e. The third-order valence-electron chi connectivity index (χ3n) is 3.91. The molecular formula is C17H28N2O2S. The van der Waals surface area contributed by atoms with E-state index < -0.39 is 5.60 Å². The Kier molecular flexibility index (Phi) is 5.87. The molecule has 0 saturated carbocycles. The number of rotatable bonds is 5. The highest BCUT2D eigenvalue weighted by Crippen LogP contribution is 2.25. The van der Waals surface area contributed by atoms with Crippen molar-refractivity contribution in [3.63, 3.8) is 0 Å². The Bertz CT molecular complexity index is 468. The Balaban J connectivity index is 1.92. The topological polar surface area (TPSA) is 41.6 Å². The van der Waals surface area contributed by atoms with E-state index in [-0.39, 0.29) is 6.09 Å². The second-order valence-corrected chi connectivity index (χ2v) is 7.96. The zero-order chi connectivity index (χ0) is 16.2. The summed E-state index contributed by atoms with van der Waals surface area (Å²) in [6.45, 7) is 10.4. The van der Waals surface area contributed by atoms with Gasteiger partial charge in [0, 0.05) is 24.0 Å². The van der Waals surface area contributed by atoms with Crippen LogP contribution < -0.4 is 5.32 Å². The van der Waals surface area contributed by atoms with Gasteiger partial charge in [0.25, 0.3) is 0 Å². The standard InChI is InChI=1S/C17H28N2O2S/c1-5-18-15(11-14-7-6-10-22-14)13-8-9-19(12-13)16(20)21-17(2,3)4/h6-7,10,13,15,18H,5,8-9,11-12H2,1-4H3. The minimum absolute atomic E-state index is 0.179. The lowest BCUT2D eigenvalue weighted by molar-refractivity contribution is 0.0285. The summed E-state index contributed by atoms with van der Waals surface area (Å²) in [6, 6.07) is 4.72. The number of amides is 1. The van der Waals surface area contributed by atoms with Gasteiger partial charge in [-0.15, -0.1) is 11.3 Å². The van der Waals surface area contributed by atoms with Gasteiger partial charge in [-0.3, -0.25) is 0 Å². The Labute approximate surface area is 137 Å². The van der Waals surface area contributed by atoms with E-state index in [1.165, 1.54) is 4.88 Å². The van der Waals surface area contributed by atoms with Crippen molar-refractivity contribution in [1.82, 2.24) is 10.2 Å². The molecule has 0 aromatic carbocycles. The van der Waals surface area contributed by atoms with E-state index in [4.69, 9.17) is 4.74 Å². The number of hydrogen-bond donors (Lipinski definition) is 1. The van der Waals surface area contributed by atoms with Crippen LogP contribution in [0.1, 0.15) is 39.0 Å². The lowest BCUT2D eigenvalue weighted by Gasteiger charge is -2.26. The number of carbonyl (C=O) groups excluding carboxylic acids is 1. The van der Waals surface area contributed by atoms with Gasteiger partial charge in [0.05, 0.1) is 0 Å². The number of thiophene rings is 1. The molecule has 0 bridgehead atoms. The quantitative estimate of drug-likeness (QED) is 0.901. The smallest absolute Gasteiger partial charge is 0.410 e. The van der Waals surface area contributed by atoms with Crippen molar-refractivity contribution in [2.45, 2.75) is 52.2 Å². The van der Waals surface area contributed by atoms with Crippen LogP contribution in [0, 0.1) is 5.92 Å². The van der Waals surface area contributed by atoms with E-state index in [1.807, 2.05) is 25.7 Å². The Morgan fingerprint density at radius 1 is 1.55 bits per heavy atom. The van der Waals surface area contributed by atoms with Crippen LogP contribution in [-0.4, -0.2) is 42.3 Å². The average Bonchev–Trinajstić information content (AvgIpc) is 3.07. The predicted molar refractivity (Wildman–Crippen MR) is 91.4 cm³/mol. The number of ether oxygens (including phenoxy) is 1. The maximum atomic E-state index is 12.2. The molecule has 0 spiro atoms. The second kappa shape index (κ2) is 7.47. The summed E-state index contributed by atoms with van der Waals surface area (Å²) in [7, 11) is 0. The normalized spacial score (nSPS) is 20.2. The van der Waals surface area contributed by atoms with E-state index in [2.05, 4.69) is 29.8 Å². The lowest BCUT2D eigenvalue weighted by atomic mass is 9.95. The number of nitrogens with zero attached hydrogens (tertiary/aromatic N) is 1. The second-order valence-electron chi connectivity index (χ2n) is 6.92. The summed E-state index contributed by atoms with van der Waals surface area (Å²) < 4.78 is 5.48. The Morgan fingerprint density at radius 3 is 2.91 bits per heavy atom. The van der Waals surface area contributed by atoms with Crippen molar-refractivity contribution >= 4 is 17.4 Å². The van der Waals surface area contributed by atoms with Gasteiger partial charge in [0.2, 0.25) is 0 Å². The van der Waals surface area contributed by atoms with Gasteiger partial charge in [-0.1, -0.05) is 13.0 Å². The highest BCUT2D eigenvalue weighted by molar-refractivity contribution is 7.09. The summed E-state index contributed by atoms with van der Waals surface area (Å²) in [6.07, 6.45) is 1.90. The molecular weight excluding hydrogens is 296 g/mol. The molecule has 0 radical (unpaired) electrons. The van der Waals surface area contributed by atoms with E-state index in [9.17, 15) is 4.79 Å². The number of nitrogens with one attached hydrogen (secondary N) is 1. The molecule has 2 unspecified atom stereocenters. The molecule has 1 saturated heterocycles. The molecule has 1 amide bonds. The fourth-order valence-electron chi connectivity index (χ4n) is 2.92. The molecule has 1 aromatic rings. The molecule has 124 valence electrons. The molecule has 1 aromatic heterocycles. The molecule has 1 fully saturated rings. The molecule has 4 nitrogen and oxygen atoms in total. The average molecular weight is 324 g/mol. The van der Waals surface area contributed by atoms with Crippen LogP contribution in [-0.2, 0) is 11.2 Å². The van der Waals surface area contributed by atoms with E-state index in [1.54, 1.807) is 11.3 Å². The van der Waals surface area contributed by atoms with Gasteiger partial charge in [-0.25, -0.2) is 4.79 Å². The van der Waals surface area contributed by atoms with Crippen LogP contribution in [0.4, 0.5) is 4.79 Å². The van der Waals surface area contributed by atoms with Crippen LogP contribution >= 0.6 is 11.3 Å².